The molecule has 7 heteroatoms. The molecule has 0 heterocycles. The number of alkyl halides is 1. The molecule has 0 amide bonds. The van der Waals surface area contributed by atoms with Crippen LogP contribution in [0.3, 0.4) is 0 Å². The van der Waals surface area contributed by atoms with E-state index in [0.29, 0.717) is 20.9 Å². The van der Waals surface area contributed by atoms with Crippen molar-refractivity contribution in [2.24, 2.45) is 0 Å². The van der Waals surface area contributed by atoms with Crippen LogP contribution in [0.1, 0.15) is 11.1 Å². The first-order valence-corrected chi connectivity index (χ1v) is 6.49. The van der Waals surface area contributed by atoms with Crippen molar-refractivity contribution in [2.45, 2.75) is 11.8 Å². The predicted molar refractivity (Wildman–Crippen MR) is 69.1 cm³/mol. The Morgan fingerprint density at radius 3 is 2.59 bits per heavy atom. The average Bonchev–Trinajstić information content (AvgIpc) is 2.30. The number of nitro groups is 1. The van der Waals surface area contributed by atoms with Gasteiger partial charge in [-0.25, -0.2) is 0 Å². The van der Waals surface area contributed by atoms with Crippen LogP contribution in [0.15, 0.2) is 16.6 Å². The van der Waals surface area contributed by atoms with Crippen molar-refractivity contribution in [3.63, 3.8) is 0 Å². The lowest BCUT2D eigenvalue weighted by atomic mass is 10.1. The lowest BCUT2D eigenvalue weighted by Gasteiger charge is -2.06. The topological polar surface area (TPSA) is 69.4 Å². The van der Waals surface area contributed by atoms with Crippen LogP contribution < -0.4 is 0 Å². The number of hydrogen-bond acceptors (Lipinski definition) is 4. The number of carbonyl (C=O) groups is 1. The van der Waals surface area contributed by atoms with E-state index in [1.807, 2.05) is 0 Å². The molecule has 17 heavy (non-hydrogen) atoms. The van der Waals surface area contributed by atoms with Gasteiger partial charge in [0.15, 0.2) is 0 Å². The van der Waals surface area contributed by atoms with Gasteiger partial charge in [-0.2, -0.15) is 0 Å². The maximum atomic E-state index is 11.1. The van der Waals surface area contributed by atoms with Crippen molar-refractivity contribution in [3.05, 3.63) is 37.8 Å². The van der Waals surface area contributed by atoms with Gasteiger partial charge in [-0.15, -0.1) is 0 Å². The molecule has 0 saturated carbocycles. The maximum absolute atomic E-state index is 11.1. The minimum absolute atomic E-state index is 0.000485. The van der Waals surface area contributed by atoms with Gasteiger partial charge < -0.3 is 4.74 Å². The number of nitro benzene ring substituents is 1. The van der Waals surface area contributed by atoms with E-state index in [4.69, 9.17) is 0 Å². The van der Waals surface area contributed by atoms with Crippen molar-refractivity contribution in [1.29, 1.82) is 0 Å². The molecular formula is C10H9Br2NO4. The molecule has 0 radical (unpaired) electrons. The van der Waals surface area contributed by atoms with Crippen LogP contribution in [0.25, 0.3) is 0 Å². The first kappa shape index (κ1) is 14.1. The molecule has 92 valence electrons. The molecule has 0 N–H and O–H groups in total. The summed E-state index contributed by atoms with van der Waals surface area (Å²) in [6.07, 6.45) is 0.000485. The quantitative estimate of drug-likeness (QED) is 0.355. The van der Waals surface area contributed by atoms with Gasteiger partial charge in [0.25, 0.3) is 5.69 Å². The highest BCUT2D eigenvalue weighted by molar-refractivity contribution is 9.10. The van der Waals surface area contributed by atoms with Crippen LogP contribution in [0.4, 0.5) is 5.69 Å². The zero-order valence-electron chi connectivity index (χ0n) is 8.91. The highest BCUT2D eigenvalue weighted by Gasteiger charge is 2.18. The van der Waals surface area contributed by atoms with Gasteiger partial charge in [0.2, 0.25) is 0 Å². The first-order chi connectivity index (χ1) is 7.99. The van der Waals surface area contributed by atoms with Crippen LogP contribution in [-0.2, 0) is 21.3 Å². The van der Waals surface area contributed by atoms with Crippen molar-refractivity contribution >= 4 is 43.5 Å². The molecular weight excluding hydrogens is 358 g/mol. The number of benzene rings is 1. The Kier molecular flexibility index (Phi) is 5.07. The standard InChI is InChI=1S/C10H9Br2NO4/c1-17-10(14)4-6-3-9(13(15)16)7(5-11)2-8(6)12/h2-3H,4-5H2,1H3. The third kappa shape index (κ3) is 3.50. The molecule has 0 bridgehead atoms. The second kappa shape index (κ2) is 6.11. The molecule has 0 unspecified atom stereocenters. The Morgan fingerprint density at radius 2 is 2.12 bits per heavy atom. The Balaban J connectivity index is 3.19. The predicted octanol–water partition coefficient (Wildman–Crippen LogP) is 2.97. The summed E-state index contributed by atoms with van der Waals surface area (Å²) in [5, 5.41) is 11.2. The molecule has 0 atom stereocenters. The number of methoxy groups -OCH3 is 1. The van der Waals surface area contributed by atoms with E-state index in [2.05, 4.69) is 36.6 Å². The Hall–Kier alpha value is -0.950. The van der Waals surface area contributed by atoms with E-state index in [0.717, 1.165) is 0 Å². The normalized spacial score (nSPS) is 10.1. The number of hydrogen-bond donors (Lipinski definition) is 0. The second-order valence-corrected chi connectivity index (χ2v) is 4.63. The van der Waals surface area contributed by atoms with Gasteiger partial charge in [-0.1, -0.05) is 31.9 Å². The van der Waals surface area contributed by atoms with Crippen LogP contribution in [-0.4, -0.2) is 18.0 Å². The molecule has 0 saturated heterocycles. The molecule has 0 aliphatic rings. The highest BCUT2D eigenvalue weighted by Crippen LogP contribution is 2.29. The summed E-state index contributed by atoms with van der Waals surface area (Å²) in [6.45, 7) is 0. The average molecular weight is 367 g/mol. The Bertz CT molecular complexity index is 462. The van der Waals surface area contributed by atoms with E-state index in [1.165, 1.54) is 13.2 Å². The highest BCUT2D eigenvalue weighted by atomic mass is 79.9. The molecule has 5 nitrogen and oxygen atoms in total. The van der Waals surface area contributed by atoms with E-state index < -0.39 is 10.9 Å². The molecule has 0 aliphatic carbocycles. The van der Waals surface area contributed by atoms with Crippen molar-refractivity contribution in [2.75, 3.05) is 7.11 Å². The number of halogens is 2. The van der Waals surface area contributed by atoms with Gasteiger partial charge in [0, 0.05) is 21.4 Å². The lowest BCUT2D eigenvalue weighted by Crippen LogP contribution is -2.06. The van der Waals surface area contributed by atoms with Gasteiger partial charge >= 0.3 is 5.97 Å². The molecule has 0 fully saturated rings. The van der Waals surface area contributed by atoms with Gasteiger partial charge in [-0.05, 0) is 11.6 Å². The summed E-state index contributed by atoms with van der Waals surface area (Å²) in [5.41, 5.74) is 1.08. The van der Waals surface area contributed by atoms with E-state index in [-0.39, 0.29) is 12.1 Å². The third-order valence-electron chi connectivity index (χ3n) is 2.15. The monoisotopic (exact) mass is 365 g/mol. The van der Waals surface area contributed by atoms with Crippen molar-refractivity contribution in [3.8, 4) is 0 Å². The summed E-state index contributed by atoms with van der Waals surface area (Å²) < 4.78 is 5.18. The van der Waals surface area contributed by atoms with E-state index >= 15 is 0 Å². The van der Waals surface area contributed by atoms with E-state index in [9.17, 15) is 14.9 Å². The molecule has 1 aromatic carbocycles. The fourth-order valence-corrected chi connectivity index (χ4v) is 2.27. The molecule has 0 aromatic heterocycles. The second-order valence-electron chi connectivity index (χ2n) is 3.22. The van der Waals surface area contributed by atoms with Crippen molar-refractivity contribution in [1.82, 2.24) is 0 Å². The fraction of sp³-hybridized carbons (Fsp3) is 0.300. The summed E-state index contributed by atoms with van der Waals surface area (Å²) in [7, 11) is 1.28. The number of nitrogens with zero attached hydrogens (tertiary/aromatic N) is 1. The largest absolute Gasteiger partial charge is 0.469 e. The van der Waals surface area contributed by atoms with Crippen LogP contribution in [0.5, 0.6) is 0 Å². The van der Waals surface area contributed by atoms with Crippen molar-refractivity contribution < 1.29 is 14.5 Å². The zero-order chi connectivity index (χ0) is 13.0. The first-order valence-electron chi connectivity index (χ1n) is 4.58. The maximum Gasteiger partial charge on any atom is 0.310 e. The SMILES string of the molecule is COC(=O)Cc1cc([N+](=O)[O-])c(CBr)cc1Br. The van der Waals surface area contributed by atoms with Crippen LogP contribution in [0.2, 0.25) is 0 Å². The van der Waals surface area contributed by atoms with Gasteiger partial charge in [0.1, 0.15) is 0 Å². The number of ether oxygens (including phenoxy) is 1. The van der Waals surface area contributed by atoms with Gasteiger partial charge in [0.05, 0.1) is 18.5 Å². The number of carbonyl (C=O) groups excluding carboxylic acids is 1. The number of esters is 1. The lowest BCUT2D eigenvalue weighted by molar-refractivity contribution is -0.385. The summed E-state index contributed by atoms with van der Waals surface area (Å²) in [4.78, 5) is 21.5. The van der Waals surface area contributed by atoms with Crippen LogP contribution in [0, 0.1) is 10.1 Å². The minimum atomic E-state index is -0.468. The summed E-state index contributed by atoms with van der Waals surface area (Å²) in [5.74, 6) is -0.438. The Labute approximate surface area is 115 Å². The molecule has 0 aliphatic heterocycles. The number of rotatable bonds is 4. The molecule has 1 aromatic rings. The fourth-order valence-electron chi connectivity index (χ4n) is 1.29. The molecule has 0 spiro atoms. The zero-order valence-corrected chi connectivity index (χ0v) is 12.1. The smallest absolute Gasteiger partial charge is 0.310 e. The van der Waals surface area contributed by atoms with Gasteiger partial charge in [-0.3, -0.25) is 14.9 Å². The molecule has 1 rings (SSSR count). The summed E-state index contributed by atoms with van der Waals surface area (Å²) in [6, 6.07) is 3.02. The summed E-state index contributed by atoms with van der Waals surface area (Å²) >= 11 is 6.46. The minimum Gasteiger partial charge on any atom is -0.469 e. The van der Waals surface area contributed by atoms with E-state index in [1.54, 1.807) is 6.07 Å². The Morgan fingerprint density at radius 1 is 1.47 bits per heavy atom. The third-order valence-corrected chi connectivity index (χ3v) is 3.49. The van der Waals surface area contributed by atoms with Crippen LogP contribution >= 0.6 is 31.9 Å².